The van der Waals surface area contributed by atoms with Gasteiger partial charge in [0.15, 0.2) is 0 Å². The van der Waals surface area contributed by atoms with Crippen LogP contribution >= 0.6 is 0 Å². The molecule has 108 valence electrons. The van der Waals surface area contributed by atoms with E-state index in [1.54, 1.807) is 0 Å². The van der Waals surface area contributed by atoms with Crippen LogP contribution in [0.1, 0.15) is 39.0 Å². The predicted octanol–water partition coefficient (Wildman–Crippen LogP) is 1.98. The topological polar surface area (TPSA) is 39.7 Å². The third kappa shape index (κ3) is 8.86. The van der Waals surface area contributed by atoms with Crippen molar-refractivity contribution in [1.29, 1.82) is 0 Å². The SMILES string of the molecule is CCOCCCCNCCOCC1CCCCO1. The van der Waals surface area contributed by atoms with Crippen molar-refractivity contribution in [3.05, 3.63) is 0 Å². The van der Waals surface area contributed by atoms with Crippen molar-refractivity contribution in [3.63, 3.8) is 0 Å². The zero-order chi connectivity index (χ0) is 12.9. The van der Waals surface area contributed by atoms with E-state index < -0.39 is 0 Å². The third-order valence-corrected chi connectivity index (χ3v) is 3.10. The lowest BCUT2D eigenvalue weighted by molar-refractivity contribution is -0.0398. The lowest BCUT2D eigenvalue weighted by Gasteiger charge is -2.22. The summed E-state index contributed by atoms with van der Waals surface area (Å²) in [5, 5.41) is 3.38. The molecule has 1 heterocycles. The molecule has 0 bridgehead atoms. The largest absolute Gasteiger partial charge is 0.382 e. The minimum atomic E-state index is 0.338. The van der Waals surface area contributed by atoms with E-state index in [-0.39, 0.29) is 0 Å². The summed E-state index contributed by atoms with van der Waals surface area (Å²) in [6.07, 6.45) is 6.30. The van der Waals surface area contributed by atoms with E-state index in [9.17, 15) is 0 Å². The fourth-order valence-corrected chi connectivity index (χ4v) is 2.02. The van der Waals surface area contributed by atoms with Gasteiger partial charge in [-0.2, -0.15) is 0 Å². The second-order valence-corrected chi connectivity index (χ2v) is 4.72. The molecule has 1 aliphatic heterocycles. The molecule has 1 unspecified atom stereocenters. The van der Waals surface area contributed by atoms with Crippen LogP contribution in [0, 0.1) is 0 Å². The van der Waals surface area contributed by atoms with Crippen LogP contribution in [-0.4, -0.2) is 52.2 Å². The van der Waals surface area contributed by atoms with Crippen LogP contribution in [0.3, 0.4) is 0 Å². The molecule has 0 radical (unpaired) electrons. The van der Waals surface area contributed by atoms with Gasteiger partial charge in [-0.25, -0.2) is 0 Å². The lowest BCUT2D eigenvalue weighted by Crippen LogP contribution is -2.27. The summed E-state index contributed by atoms with van der Waals surface area (Å²) in [5.41, 5.74) is 0. The van der Waals surface area contributed by atoms with E-state index >= 15 is 0 Å². The smallest absolute Gasteiger partial charge is 0.0808 e. The minimum absolute atomic E-state index is 0.338. The van der Waals surface area contributed by atoms with Crippen molar-refractivity contribution >= 4 is 0 Å². The number of nitrogens with one attached hydrogen (secondary N) is 1. The van der Waals surface area contributed by atoms with E-state index in [2.05, 4.69) is 5.32 Å². The normalized spacial score (nSPS) is 20.2. The highest BCUT2D eigenvalue weighted by atomic mass is 16.5. The van der Waals surface area contributed by atoms with E-state index in [0.717, 1.165) is 59.0 Å². The molecule has 1 N–H and O–H groups in total. The highest BCUT2D eigenvalue weighted by Gasteiger charge is 2.13. The first-order chi connectivity index (χ1) is 8.93. The Morgan fingerprint density at radius 1 is 1.11 bits per heavy atom. The summed E-state index contributed by atoms with van der Waals surface area (Å²) in [7, 11) is 0. The molecule has 0 aliphatic carbocycles. The van der Waals surface area contributed by atoms with Crippen molar-refractivity contribution < 1.29 is 14.2 Å². The third-order valence-electron chi connectivity index (χ3n) is 3.10. The molecule has 0 spiro atoms. The van der Waals surface area contributed by atoms with E-state index in [4.69, 9.17) is 14.2 Å². The number of hydrogen-bond donors (Lipinski definition) is 1. The molecule has 18 heavy (non-hydrogen) atoms. The Morgan fingerprint density at radius 3 is 2.83 bits per heavy atom. The van der Waals surface area contributed by atoms with Gasteiger partial charge in [-0.3, -0.25) is 0 Å². The maximum atomic E-state index is 5.61. The number of ether oxygens (including phenoxy) is 3. The molecule has 0 aromatic heterocycles. The van der Waals surface area contributed by atoms with Crippen LogP contribution in [0.25, 0.3) is 0 Å². The first kappa shape index (κ1) is 15.9. The van der Waals surface area contributed by atoms with Crippen molar-refractivity contribution in [2.45, 2.75) is 45.1 Å². The monoisotopic (exact) mass is 259 g/mol. The Kier molecular flexibility index (Phi) is 10.5. The lowest BCUT2D eigenvalue weighted by atomic mass is 10.1. The Morgan fingerprint density at radius 2 is 2.06 bits per heavy atom. The molecular weight excluding hydrogens is 230 g/mol. The molecule has 0 saturated carbocycles. The van der Waals surface area contributed by atoms with Crippen molar-refractivity contribution in [3.8, 4) is 0 Å². The Balaban J connectivity index is 1.73. The van der Waals surface area contributed by atoms with Crippen molar-refractivity contribution in [2.24, 2.45) is 0 Å². The summed E-state index contributed by atoms with van der Waals surface area (Å²) in [6, 6.07) is 0. The number of hydrogen-bond acceptors (Lipinski definition) is 4. The second-order valence-electron chi connectivity index (χ2n) is 4.72. The van der Waals surface area contributed by atoms with Crippen LogP contribution in [0.2, 0.25) is 0 Å². The summed E-state index contributed by atoms with van der Waals surface area (Å²) in [4.78, 5) is 0. The summed E-state index contributed by atoms with van der Waals surface area (Å²) < 4.78 is 16.5. The number of rotatable bonds is 11. The highest BCUT2D eigenvalue weighted by molar-refractivity contribution is 4.62. The van der Waals surface area contributed by atoms with Crippen LogP contribution in [-0.2, 0) is 14.2 Å². The fraction of sp³-hybridized carbons (Fsp3) is 1.00. The standard InChI is InChI=1S/C14H29NO3/c1-2-16-10-6-4-8-15-9-12-17-13-14-7-3-5-11-18-14/h14-15H,2-13H2,1H3. The molecule has 0 aromatic rings. The molecule has 4 heteroatoms. The van der Waals surface area contributed by atoms with Crippen LogP contribution < -0.4 is 5.32 Å². The minimum Gasteiger partial charge on any atom is -0.382 e. The Hall–Kier alpha value is -0.160. The molecule has 4 nitrogen and oxygen atoms in total. The van der Waals surface area contributed by atoms with Crippen LogP contribution in [0.15, 0.2) is 0 Å². The summed E-state index contributed by atoms with van der Waals surface area (Å²) >= 11 is 0. The molecule has 1 saturated heterocycles. The van der Waals surface area contributed by atoms with Crippen LogP contribution in [0.4, 0.5) is 0 Å². The Labute approximate surface area is 111 Å². The van der Waals surface area contributed by atoms with Gasteiger partial charge in [0.1, 0.15) is 0 Å². The maximum Gasteiger partial charge on any atom is 0.0808 e. The zero-order valence-corrected chi connectivity index (χ0v) is 11.8. The average molecular weight is 259 g/mol. The van der Waals surface area contributed by atoms with Gasteiger partial charge in [0.05, 0.1) is 19.3 Å². The first-order valence-electron chi connectivity index (χ1n) is 7.41. The quantitative estimate of drug-likeness (QED) is 0.576. The van der Waals surface area contributed by atoms with Gasteiger partial charge in [-0.15, -0.1) is 0 Å². The van der Waals surface area contributed by atoms with Gasteiger partial charge in [0.2, 0.25) is 0 Å². The molecule has 1 rings (SSSR count). The Bertz CT molecular complexity index is 172. The maximum absolute atomic E-state index is 5.61. The first-order valence-corrected chi connectivity index (χ1v) is 7.41. The van der Waals surface area contributed by atoms with Crippen molar-refractivity contribution in [1.82, 2.24) is 5.32 Å². The summed E-state index contributed by atoms with van der Waals surface area (Å²) in [6.45, 7) is 8.17. The molecule has 1 atom stereocenters. The van der Waals surface area contributed by atoms with E-state index in [0.29, 0.717) is 6.10 Å². The van der Waals surface area contributed by atoms with Crippen molar-refractivity contribution in [2.75, 3.05) is 46.1 Å². The van der Waals surface area contributed by atoms with Gasteiger partial charge in [-0.05, 0) is 45.6 Å². The van der Waals surface area contributed by atoms with E-state index in [1.165, 1.54) is 19.3 Å². The second kappa shape index (κ2) is 11.9. The predicted molar refractivity (Wildman–Crippen MR) is 73.0 cm³/mol. The molecular formula is C14H29NO3. The van der Waals surface area contributed by atoms with E-state index in [1.807, 2.05) is 6.92 Å². The van der Waals surface area contributed by atoms with Gasteiger partial charge < -0.3 is 19.5 Å². The molecule has 0 amide bonds. The number of unbranched alkanes of at least 4 members (excludes halogenated alkanes) is 1. The van der Waals surface area contributed by atoms with Gasteiger partial charge in [-0.1, -0.05) is 0 Å². The fourth-order valence-electron chi connectivity index (χ4n) is 2.02. The van der Waals surface area contributed by atoms with Crippen LogP contribution in [0.5, 0.6) is 0 Å². The molecule has 0 aromatic carbocycles. The molecule has 1 aliphatic rings. The average Bonchev–Trinajstić information content (AvgIpc) is 2.42. The zero-order valence-electron chi connectivity index (χ0n) is 11.8. The highest BCUT2D eigenvalue weighted by Crippen LogP contribution is 2.12. The van der Waals surface area contributed by atoms with Gasteiger partial charge >= 0.3 is 0 Å². The molecule has 1 fully saturated rings. The van der Waals surface area contributed by atoms with Gasteiger partial charge in [0.25, 0.3) is 0 Å². The van der Waals surface area contributed by atoms with Gasteiger partial charge in [0, 0.05) is 26.4 Å². The summed E-state index contributed by atoms with van der Waals surface area (Å²) in [5.74, 6) is 0.